The van der Waals surface area contributed by atoms with Crippen LogP contribution in [0.5, 0.6) is 11.5 Å². The van der Waals surface area contributed by atoms with E-state index < -0.39 is 0 Å². The van der Waals surface area contributed by atoms with Gasteiger partial charge in [-0.2, -0.15) is 0 Å². The molecule has 3 amide bonds. The average molecular weight is 404 g/mol. The molecular formula is C22H33N3O4. The first-order valence-electron chi connectivity index (χ1n) is 9.97. The predicted octanol–water partition coefficient (Wildman–Crippen LogP) is 3.05. The molecule has 0 bridgehead atoms. The molecule has 1 fully saturated rings. The highest BCUT2D eigenvalue weighted by Crippen LogP contribution is 2.27. The van der Waals surface area contributed by atoms with Crippen LogP contribution in [0, 0.1) is 5.92 Å². The van der Waals surface area contributed by atoms with Crippen molar-refractivity contribution in [3.63, 3.8) is 0 Å². The molecule has 1 heterocycles. The van der Waals surface area contributed by atoms with Crippen LogP contribution in [0.1, 0.15) is 39.2 Å². The Balaban J connectivity index is 1.76. The van der Waals surface area contributed by atoms with Crippen LogP contribution in [-0.4, -0.2) is 56.2 Å². The van der Waals surface area contributed by atoms with E-state index in [1.54, 1.807) is 26.4 Å². The van der Waals surface area contributed by atoms with Crippen LogP contribution in [0.2, 0.25) is 0 Å². The molecule has 1 aromatic rings. The molecular weight excluding hydrogens is 370 g/mol. The molecule has 1 aliphatic rings. The summed E-state index contributed by atoms with van der Waals surface area (Å²) in [5.74, 6) is 1.52. The van der Waals surface area contributed by atoms with Gasteiger partial charge in [0.25, 0.3) is 0 Å². The number of amides is 3. The van der Waals surface area contributed by atoms with Crippen molar-refractivity contribution in [1.82, 2.24) is 15.5 Å². The lowest BCUT2D eigenvalue weighted by Crippen LogP contribution is -2.51. The zero-order valence-electron chi connectivity index (χ0n) is 18.1. The van der Waals surface area contributed by atoms with Crippen LogP contribution in [0.4, 0.5) is 4.79 Å². The Morgan fingerprint density at radius 1 is 1.14 bits per heavy atom. The number of carbonyl (C=O) groups excluding carboxylic acids is 2. The minimum atomic E-state index is -0.234. The first-order valence-corrected chi connectivity index (χ1v) is 9.97. The van der Waals surface area contributed by atoms with Gasteiger partial charge in [-0.15, -0.1) is 0 Å². The maximum atomic E-state index is 12.2. The Hall–Kier alpha value is -2.70. The van der Waals surface area contributed by atoms with Crippen LogP contribution in [0.25, 0.3) is 6.08 Å². The molecule has 7 nitrogen and oxygen atoms in total. The van der Waals surface area contributed by atoms with Gasteiger partial charge in [-0.1, -0.05) is 6.07 Å². The highest BCUT2D eigenvalue weighted by Gasteiger charge is 2.25. The Labute approximate surface area is 173 Å². The maximum Gasteiger partial charge on any atom is 0.317 e. The number of rotatable bonds is 6. The zero-order chi connectivity index (χ0) is 21.4. The lowest BCUT2D eigenvalue weighted by atomic mass is 9.97. The molecule has 2 N–H and O–H groups in total. The molecule has 0 aliphatic carbocycles. The third-order valence-electron chi connectivity index (χ3n) is 4.78. The molecule has 0 saturated carbocycles. The van der Waals surface area contributed by atoms with Crippen molar-refractivity contribution in [2.75, 3.05) is 33.9 Å². The van der Waals surface area contributed by atoms with E-state index in [0.717, 1.165) is 18.4 Å². The van der Waals surface area contributed by atoms with E-state index in [0.29, 0.717) is 37.1 Å². The first-order chi connectivity index (χ1) is 13.7. The molecule has 1 saturated heterocycles. The second-order valence-electron chi connectivity index (χ2n) is 8.30. The van der Waals surface area contributed by atoms with E-state index in [2.05, 4.69) is 10.6 Å². The van der Waals surface area contributed by atoms with E-state index >= 15 is 0 Å². The number of urea groups is 1. The molecule has 0 spiro atoms. The molecule has 2 rings (SSSR count). The molecule has 0 atom stereocenters. The Morgan fingerprint density at radius 3 is 2.38 bits per heavy atom. The molecule has 1 aromatic carbocycles. The number of carbonyl (C=O) groups is 2. The van der Waals surface area contributed by atoms with Gasteiger partial charge in [0.2, 0.25) is 5.91 Å². The fourth-order valence-corrected chi connectivity index (χ4v) is 3.17. The van der Waals surface area contributed by atoms with Gasteiger partial charge in [0, 0.05) is 31.2 Å². The number of nitrogens with one attached hydrogen (secondary N) is 2. The molecule has 7 heteroatoms. The molecule has 1 aliphatic heterocycles. The molecule has 0 unspecified atom stereocenters. The van der Waals surface area contributed by atoms with Gasteiger partial charge in [0.05, 0.1) is 14.2 Å². The molecule has 160 valence electrons. The van der Waals surface area contributed by atoms with Crippen molar-refractivity contribution in [2.24, 2.45) is 5.92 Å². The Morgan fingerprint density at radius 2 is 1.79 bits per heavy atom. The summed E-state index contributed by atoms with van der Waals surface area (Å²) in [7, 11) is 3.17. The number of nitrogens with zero attached hydrogens (tertiary/aromatic N) is 1. The number of hydrogen-bond acceptors (Lipinski definition) is 4. The van der Waals surface area contributed by atoms with Gasteiger partial charge in [-0.05, 0) is 63.3 Å². The fraction of sp³-hybridized carbons (Fsp3) is 0.545. The topological polar surface area (TPSA) is 79.9 Å². The average Bonchev–Trinajstić information content (AvgIpc) is 2.69. The lowest BCUT2D eigenvalue weighted by molar-refractivity contribution is -0.116. The van der Waals surface area contributed by atoms with Crippen molar-refractivity contribution < 1.29 is 19.1 Å². The second kappa shape index (κ2) is 10.2. The normalized spacial score (nSPS) is 15.3. The van der Waals surface area contributed by atoms with Crippen molar-refractivity contribution in [2.45, 2.75) is 39.2 Å². The number of benzene rings is 1. The summed E-state index contributed by atoms with van der Waals surface area (Å²) < 4.78 is 10.5. The zero-order valence-corrected chi connectivity index (χ0v) is 18.1. The highest BCUT2D eigenvalue weighted by molar-refractivity contribution is 5.91. The number of piperidine rings is 1. The monoisotopic (exact) mass is 403 g/mol. The van der Waals surface area contributed by atoms with E-state index in [9.17, 15) is 9.59 Å². The Kier molecular flexibility index (Phi) is 7.93. The summed E-state index contributed by atoms with van der Waals surface area (Å²) in [5.41, 5.74) is 0.623. The summed E-state index contributed by atoms with van der Waals surface area (Å²) in [5, 5.41) is 5.95. The maximum absolute atomic E-state index is 12.2. The lowest BCUT2D eigenvalue weighted by Gasteiger charge is -2.34. The van der Waals surface area contributed by atoms with Crippen LogP contribution in [-0.2, 0) is 4.79 Å². The number of hydrogen-bond donors (Lipinski definition) is 2. The molecule has 29 heavy (non-hydrogen) atoms. The van der Waals surface area contributed by atoms with Gasteiger partial charge >= 0.3 is 6.03 Å². The Bertz CT molecular complexity index is 732. The van der Waals surface area contributed by atoms with E-state index in [1.165, 1.54) is 6.08 Å². The number of likely N-dealkylation sites (tertiary alicyclic amines) is 1. The quantitative estimate of drug-likeness (QED) is 0.716. The summed E-state index contributed by atoms with van der Waals surface area (Å²) >= 11 is 0. The summed E-state index contributed by atoms with van der Waals surface area (Å²) in [6, 6.07) is 5.47. The van der Waals surface area contributed by atoms with Gasteiger partial charge < -0.3 is 25.0 Å². The van der Waals surface area contributed by atoms with E-state index in [4.69, 9.17) is 9.47 Å². The van der Waals surface area contributed by atoms with E-state index in [1.807, 2.05) is 37.8 Å². The van der Waals surface area contributed by atoms with Crippen molar-refractivity contribution in [3.8, 4) is 11.5 Å². The molecule has 0 aromatic heterocycles. The van der Waals surface area contributed by atoms with Crippen LogP contribution < -0.4 is 20.1 Å². The summed E-state index contributed by atoms with van der Waals surface area (Å²) in [6.45, 7) is 7.96. The predicted molar refractivity (Wildman–Crippen MR) is 114 cm³/mol. The van der Waals surface area contributed by atoms with Crippen molar-refractivity contribution >= 4 is 18.0 Å². The fourth-order valence-electron chi connectivity index (χ4n) is 3.17. The van der Waals surface area contributed by atoms with Gasteiger partial charge in [-0.25, -0.2) is 4.79 Å². The standard InChI is InChI=1S/C22H33N3O4/c1-22(2,3)24-21(27)25-12-10-17(11-13-25)15-23-20(26)9-7-16-6-8-18(28-4)19(14-16)29-5/h6-9,14,17H,10-13,15H2,1-5H3,(H,23,26)(H,24,27)/b9-7+. The van der Waals surface area contributed by atoms with E-state index in [-0.39, 0.29) is 17.5 Å². The summed E-state index contributed by atoms with van der Waals surface area (Å²) in [6.07, 6.45) is 5.04. The SMILES string of the molecule is COc1ccc(/C=C/C(=O)NCC2CCN(C(=O)NC(C)(C)C)CC2)cc1OC. The van der Waals surface area contributed by atoms with Gasteiger partial charge in [0.1, 0.15) is 0 Å². The molecule has 0 radical (unpaired) electrons. The smallest absolute Gasteiger partial charge is 0.317 e. The second-order valence-corrected chi connectivity index (χ2v) is 8.30. The van der Waals surface area contributed by atoms with Crippen molar-refractivity contribution in [3.05, 3.63) is 29.8 Å². The van der Waals surface area contributed by atoms with Gasteiger partial charge in [0.15, 0.2) is 11.5 Å². The first kappa shape index (κ1) is 22.6. The van der Waals surface area contributed by atoms with Crippen LogP contribution >= 0.6 is 0 Å². The van der Waals surface area contributed by atoms with Crippen LogP contribution in [0.3, 0.4) is 0 Å². The largest absolute Gasteiger partial charge is 0.493 e. The summed E-state index contributed by atoms with van der Waals surface area (Å²) in [4.78, 5) is 26.2. The number of methoxy groups -OCH3 is 2. The van der Waals surface area contributed by atoms with Crippen LogP contribution in [0.15, 0.2) is 24.3 Å². The van der Waals surface area contributed by atoms with Gasteiger partial charge in [-0.3, -0.25) is 4.79 Å². The van der Waals surface area contributed by atoms with Crippen molar-refractivity contribution in [1.29, 1.82) is 0 Å². The minimum absolute atomic E-state index is 0.0159. The third-order valence-corrected chi connectivity index (χ3v) is 4.78. The minimum Gasteiger partial charge on any atom is -0.493 e. The number of ether oxygens (including phenoxy) is 2. The third kappa shape index (κ3) is 7.33. The highest BCUT2D eigenvalue weighted by atomic mass is 16.5.